The zero-order valence-electron chi connectivity index (χ0n) is 9.86. The molecule has 0 bridgehead atoms. The standard InChI is InChI=1S/C9H14N.C5H5.BrH.Fe/c10-8-4-3-7-9-5-1-2-6-9;1-2-4-5-3-1;;/h1-2,5-6H,3-4,7-8,10H2;1-5H;1H;/q2*-1;;+2. The molecular weight excluding hydrogens is 318 g/mol. The summed E-state index contributed by atoms with van der Waals surface area (Å²) in [6.07, 6.45) is 3.55. The van der Waals surface area contributed by atoms with Gasteiger partial charge in [-0.1, -0.05) is 12.8 Å². The van der Waals surface area contributed by atoms with Crippen molar-refractivity contribution in [3.63, 3.8) is 0 Å². The Bertz CT molecular complexity index is 286. The van der Waals surface area contributed by atoms with Gasteiger partial charge in [0.2, 0.25) is 0 Å². The predicted octanol–water partition coefficient (Wildman–Crippen LogP) is 3.67. The third-order valence-corrected chi connectivity index (χ3v) is 2.21. The van der Waals surface area contributed by atoms with Gasteiger partial charge in [-0.3, -0.25) is 0 Å². The first-order valence-corrected chi connectivity index (χ1v) is 5.51. The van der Waals surface area contributed by atoms with Crippen molar-refractivity contribution in [1.29, 1.82) is 0 Å². The second kappa shape index (κ2) is 13.7. The van der Waals surface area contributed by atoms with Crippen molar-refractivity contribution in [2.45, 2.75) is 19.3 Å². The van der Waals surface area contributed by atoms with Crippen molar-refractivity contribution in [3.05, 3.63) is 60.2 Å². The van der Waals surface area contributed by atoms with Gasteiger partial charge in [0.15, 0.2) is 0 Å². The van der Waals surface area contributed by atoms with Crippen molar-refractivity contribution >= 4 is 17.0 Å². The molecule has 0 radical (unpaired) electrons. The van der Waals surface area contributed by atoms with Gasteiger partial charge in [0.1, 0.15) is 0 Å². The van der Waals surface area contributed by atoms with Crippen molar-refractivity contribution in [3.8, 4) is 0 Å². The van der Waals surface area contributed by atoms with E-state index in [0.717, 1.165) is 13.0 Å². The predicted molar refractivity (Wildman–Crippen MR) is 76.4 cm³/mol. The minimum absolute atomic E-state index is 0. The molecule has 2 aromatic carbocycles. The molecule has 3 heteroatoms. The van der Waals surface area contributed by atoms with Crippen LogP contribution in [0.3, 0.4) is 0 Å². The third kappa shape index (κ3) is 10.5. The minimum atomic E-state index is 0. The van der Waals surface area contributed by atoms with E-state index < -0.39 is 0 Å². The van der Waals surface area contributed by atoms with E-state index in [1.54, 1.807) is 0 Å². The Morgan fingerprint density at radius 1 is 1.00 bits per heavy atom. The first-order valence-electron chi connectivity index (χ1n) is 5.51. The topological polar surface area (TPSA) is 26.0 Å². The Hall–Kier alpha value is -0.341. The molecule has 0 amide bonds. The number of hydrogen-bond donors (Lipinski definition) is 1. The summed E-state index contributed by atoms with van der Waals surface area (Å²) in [5.41, 5.74) is 6.81. The van der Waals surface area contributed by atoms with E-state index in [2.05, 4.69) is 24.3 Å². The number of aryl methyl sites for hydroxylation is 1. The van der Waals surface area contributed by atoms with E-state index in [-0.39, 0.29) is 34.1 Å². The van der Waals surface area contributed by atoms with Gasteiger partial charge >= 0.3 is 17.1 Å². The van der Waals surface area contributed by atoms with E-state index >= 15 is 0 Å². The summed E-state index contributed by atoms with van der Waals surface area (Å²) in [6, 6.07) is 18.5. The summed E-state index contributed by atoms with van der Waals surface area (Å²) in [4.78, 5) is 0. The Kier molecular flexibility index (Phi) is 15.3. The van der Waals surface area contributed by atoms with E-state index in [1.165, 1.54) is 18.4 Å². The van der Waals surface area contributed by atoms with Gasteiger partial charge in [0.05, 0.1) is 0 Å². The number of nitrogens with two attached hydrogens (primary N) is 1. The largest absolute Gasteiger partial charge is 2.00 e. The fraction of sp³-hybridized carbons (Fsp3) is 0.286. The molecule has 0 atom stereocenters. The van der Waals surface area contributed by atoms with Crippen LogP contribution in [0.1, 0.15) is 18.4 Å². The minimum Gasteiger partial charge on any atom is -0.330 e. The molecule has 2 rings (SSSR count). The normalized spacial score (nSPS) is 8.29. The Morgan fingerprint density at radius 2 is 1.71 bits per heavy atom. The number of hydrogen-bond acceptors (Lipinski definition) is 1. The molecule has 0 unspecified atom stereocenters. The van der Waals surface area contributed by atoms with Crippen LogP contribution in [0, 0.1) is 0 Å². The van der Waals surface area contributed by atoms with Crippen LogP contribution in [0.15, 0.2) is 54.6 Å². The summed E-state index contributed by atoms with van der Waals surface area (Å²) >= 11 is 0. The second-order valence-corrected chi connectivity index (χ2v) is 3.50. The van der Waals surface area contributed by atoms with Gasteiger partial charge in [0.25, 0.3) is 0 Å². The van der Waals surface area contributed by atoms with Gasteiger partial charge < -0.3 is 5.73 Å². The van der Waals surface area contributed by atoms with Gasteiger partial charge in [-0.2, -0.15) is 35.9 Å². The monoisotopic (exact) mass is 337 g/mol. The molecule has 0 saturated heterocycles. The molecule has 0 aliphatic rings. The second-order valence-electron chi connectivity index (χ2n) is 3.50. The van der Waals surface area contributed by atoms with Crippen LogP contribution in [0.25, 0.3) is 0 Å². The number of halogens is 1. The summed E-state index contributed by atoms with van der Waals surface area (Å²) in [5.74, 6) is 0. The van der Waals surface area contributed by atoms with Crippen LogP contribution in [-0.4, -0.2) is 6.54 Å². The Balaban J connectivity index is 0. The summed E-state index contributed by atoms with van der Waals surface area (Å²) in [7, 11) is 0. The van der Waals surface area contributed by atoms with Crippen molar-refractivity contribution in [1.82, 2.24) is 0 Å². The summed E-state index contributed by atoms with van der Waals surface area (Å²) < 4.78 is 0. The average Bonchev–Trinajstić information content (AvgIpc) is 2.94. The summed E-state index contributed by atoms with van der Waals surface area (Å²) in [6.45, 7) is 0.820. The molecule has 1 nitrogen and oxygen atoms in total. The van der Waals surface area contributed by atoms with Crippen LogP contribution in [0.4, 0.5) is 0 Å². The summed E-state index contributed by atoms with van der Waals surface area (Å²) in [5, 5.41) is 0. The van der Waals surface area contributed by atoms with Crippen LogP contribution in [0.5, 0.6) is 0 Å². The van der Waals surface area contributed by atoms with Gasteiger partial charge in [-0.15, -0.1) is 17.0 Å². The third-order valence-electron chi connectivity index (χ3n) is 2.21. The van der Waals surface area contributed by atoms with Crippen molar-refractivity contribution in [2.24, 2.45) is 5.73 Å². The molecule has 0 aliphatic heterocycles. The van der Waals surface area contributed by atoms with Gasteiger partial charge in [0, 0.05) is 0 Å². The van der Waals surface area contributed by atoms with E-state index in [1.807, 2.05) is 30.3 Å². The average molecular weight is 338 g/mol. The first-order chi connectivity index (χ1) is 7.43. The zero-order chi connectivity index (χ0) is 10.8. The van der Waals surface area contributed by atoms with Crippen LogP contribution < -0.4 is 5.73 Å². The smallest absolute Gasteiger partial charge is 0.330 e. The molecule has 0 aliphatic carbocycles. The molecule has 0 spiro atoms. The molecule has 17 heavy (non-hydrogen) atoms. The zero-order valence-corrected chi connectivity index (χ0v) is 12.7. The molecule has 0 heterocycles. The van der Waals surface area contributed by atoms with E-state index in [0.29, 0.717) is 0 Å². The molecule has 96 valence electrons. The van der Waals surface area contributed by atoms with Crippen molar-refractivity contribution < 1.29 is 17.1 Å². The Labute approximate surface area is 125 Å². The van der Waals surface area contributed by atoms with E-state index in [9.17, 15) is 0 Å². The molecule has 0 fully saturated rings. The maximum absolute atomic E-state index is 5.37. The number of rotatable bonds is 4. The van der Waals surface area contributed by atoms with Gasteiger partial charge in [-0.25, -0.2) is 24.3 Å². The molecule has 2 N–H and O–H groups in total. The fourth-order valence-electron chi connectivity index (χ4n) is 1.37. The first kappa shape index (κ1) is 19.0. The molecule has 2 aromatic rings. The van der Waals surface area contributed by atoms with E-state index in [4.69, 9.17) is 5.73 Å². The van der Waals surface area contributed by atoms with Crippen LogP contribution in [-0.2, 0) is 23.5 Å². The molecule has 0 saturated carbocycles. The quantitative estimate of drug-likeness (QED) is 0.514. The van der Waals surface area contributed by atoms with Gasteiger partial charge in [-0.05, 0) is 13.0 Å². The fourth-order valence-corrected chi connectivity index (χ4v) is 1.37. The van der Waals surface area contributed by atoms with Crippen LogP contribution >= 0.6 is 17.0 Å². The molecular formula is C14H20BrFeN. The SMILES string of the molecule is Br.NCCCCc1ccc[cH-]1.[Fe+2].c1cc[cH-]c1. The molecule has 0 aromatic heterocycles. The Morgan fingerprint density at radius 3 is 2.12 bits per heavy atom. The number of unbranched alkanes of at least 4 members (excludes halogenated alkanes) is 1. The maximum atomic E-state index is 5.37. The maximum Gasteiger partial charge on any atom is 2.00 e. The van der Waals surface area contributed by atoms with Crippen LogP contribution in [0.2, 0.25) is 0 Å². The van der Waals surface area contributed by atoms with Crippen molar-refractivity contribution in [2.75, 3.05) is 6.54 Å².